The minimum atomic E-state index is -5.31. The molecule has 202 valence electrons. The largest absolute Gasteiger partial charge is 0.465 e. The van der Waals surface area contributed by atoms with Crippen LogP contribution in [0.3, 0.4) is 0 Å². The number of halogens is 8. The lowest BCUT2D eigenvalue weighted by Crippen LogP contribution is -2.58. The second kappa shape index (κ2) is 8.99. The predicted molar refractivity (Wildman–Crippen MR) is 115 cm³/mol. The van der Waals surface area contributed by atoms with E-state index in [1.165, 1.54) is 0 Å². The van der Waals surface area contributed by atoms with Gasteiger partial charge in [-0.2, -0.15) is 26.3 Å². The van der Waals surface area contributed by atoms with Crippen LogP contribution in [0.2, 0.25) is 0 Å². The van der Waals surface area contributed by atoms with Gasteiger partial charge in [0.2, 0.25) is 5.88 Å². The van der Waals surface area contributed by atoms with Gasteiger partial charge < -0.3 is 14.4 Å². The molecule has 1 saturated heterocycles. The standard InChI is InChI=1S/C23H15F8N3O4/c1-33(20(36)37)17-5-4-16(38-17)18-13(22(26,27)28)6-12(7-14(18)23(29,30)31)15-3-2-11(8-32-15)19(35)34-9-21(24,25)10-34/h2-8H,9-10H2,1H3,(H,36,37). The lowest BCUT2D eigenvalue weighted by molar-refractivity contribution is -0.142. The molecule has 2 aromatic heterocycles. The van der Waals surface area contributed by atoms with Crippen molar-refractivity contribution in [1.82, 2.24) is 9.88 Å². The van der Waals surface area contributed by atoms with Crippen LogP contribution in [0.1, 0.15) is 21.5 Å². The maximum absolute atomic E-state index is 14.0. The second-order valence-electron chi connectivity index (χ2n) is 8.37. The summed E-state index contributed by atoms with van der Waals surface area (Å²) in [5.41, 5.74) is -5.96. The number of carbonyl (C=O) groups excluding carboxylic acids is 1. The number of carboxylic acid groups (broad SMARTS) is 1. The summed E-state index contributed by atoms with van der Waals surface area (Å²) in [6.45, 7) is -1.65. The van der Waals surface area contributed by atoms with Crippen molar-refractivity contribution in [1.29, 1.82) is 0 Å². The van der Waals surface area contributed by atoms with E-state index in [1.54, 1.807) is 0 Å². The molecule has 1 fully saturated rings. The van der Waals surface area contributed by atoms with E-state index >= 15 is 0 Å². The average molecular weight is 549 g/mol. The van der Waals surface area contributed by atoms with E-state index in [0.29, 0.717) is 17.0 Å². The van der Waals surface area contributed by atoms with Crippen molar-refractivity contribution in [3.05, 3.63) is 59.3 Å². The summed E-state index contributed by atoms with van der Waals surface area (Å²) in [5, 5.41) is 9.01. The zero-order chi connectivity index (χ0) is 28.2. The Morgan fingerprint density at radius 3 is 2.03 bits per heavy atom. The van der Waals surface area contributed by atoms with Crippen LogP contribution in [0.25, 0.3) is 22.6 Å². The van der Waals surface area contributed by atoms with Crippen LogP contribution < -0.4 is 4.90 Å². The lowest BCUT2D eigenvalue weighted by Gasteiger charge is -2.38. The van der Waals surface area contributed by atoms with Gasteiger partial charge in [0, 0.05) is 30.4 Å². The first-order chi connectivity index (χ1) is 17.5. The first-order valence-corrected chi connectivity index (χ1v) is 10.5. The topological polar surface area (TPSA) is 86.9 Å². The Bertz CT molecular complexity index is 1350. The summed E-state index contributed by atoms with van der Waals surface area (Å²) in [6.07, 6.45) is -11.3. The van der Waals surface area contributed by atoms with E-state index in [0.717, 1.165) is 42.4 Å². The number of aromatic nitrogens is 1. The molecule has 2 amide bonds. The van der Waals surface area contributed by atoms with Crippen molar-refractivity contribution in [3.8, 4) is 22.6 Å². The third-order valence-electron chi connectivity index (χ3n) is 5.64. The normalized spacial score (nSPS) is 15.2. The van der Waals surface area contributed by atoms with E-state index in [9.17, 15) is 44.7 Å². The van der Waals surface area contributed by atoms with E-state index in [-0.39, 0.29) is 11.3 Å². The predicted octanol–water partition coefficient (Wildman–Crippen LogP) is 6.25. The van der Waals surface area contributed by atoms with Crippen molar-refractivity contribution < 1.29 is 54.2 Å². The van der Waals surface area contributed by atoms with Gasteiger partial charge >= 0.3 is 18.4 Å². The quantitative estimate of drug-likeness (QED) is 0.389. The molecule has 38 heavy (non-hydrogen) atoms. The molecule has 1 aromatic carbocycles. The highest BCUT2D eigenvalue weighted by molar-refractivity contribution is 5.95. The maximum atomic E-state index is 14.0. The number of likely N-dealkylation sites (tertiary alicyclic amines) is 1. The summed E-state index contributed by atoms with van der Waals surface area (Å²) in [7, 11) is 0.983. The molecular formula is C23H15F8N3O4. The van der Waals surface area contributed by atoms with Gasteiger partial charge in [-0.25, -0.2) is 13.6 Å². The summed E-state index contributed by atoms with van der Waals surface area (Å²) < 4.78 is 115. The highest BCUT2D eigenvalue weighted by Gasteiger charge is 2.46. The number of hydrogen-bond acceptors (Lipinski definition) is 4. The lowest BCUT2D eigenvalue weighted by atomic mass is 9.93. The van der Waals surface area contributed by atoms with E-state index in [2.05, 4.69) is 4.98 Å². The molecule has 1 aliphatic heterocycles. The Morgan fingerprint density at radius 1 is 1.00 bits per heavy atom. The molecule has 0 unspecified atom stereocenters. The fourth-order valence-electron chi connectivity index (χ4n) is 3.77. The van der Waals surface area contributed by atoms with Crippen LogP contribution in [-0.2, 0) is 12.4 Å². The molecule has 0 bridgehead atoms. The number of anilines is 1. The smallest absolute Gasteiger partial charge is 0.417 e. The van der Waals surface area contributed by atoms with Gasteiger partial charge in [0.05, 0.1) is 35.5 Å². The number of benzene rings is 1. The van der Waals surface area contributed by atoms with Crippen LogP contribution in [0, 0.1) is 0 Å². The highest BCUT2D eigenvalue weighted by atomic mass is 19.4. The molecular weight excluding hydrogens is 534 g/mol. The number of carbonyl (C=O) groups is 2. The van der Waals surface area contributed by atoms with Crippen LogP contribution in [0.5, 0.6) is 0 Å². The van der Waals surface area contributed by atoms with Crippen LogP contribution in [0.15, 0.2) is 47.0 Å². The first-order valence-electron chi connectivity index (χ1n) is 10.5. The third kappa shape index (κ3) is 5.13. The number of hydrogen-bond donors (Lipinski definition) is 1. The summed E-state index contributed by atoms with van der Waals surface area (Å²) in [5.74, 6) is -5.25. The minimum Gasteiger partial charge on any atom is -0.465 e. The van der Waals surface area contributed by atoms with Gasteiger partial charge in [0.1, 0.15) is 5.76 Å². The Labute approximate surface area is 207 Å². The fourth-order valence-corrected chi connectivity index (χ4v) is 3.77. The number of furan rings is 1. The molecule has 4 rings (SSSR count). The van der Waals surface area contributed by atoms with Crippen molar-refractivity contribution in [2.75, 3.05) is 25.0 Å². The minimum absolute atomic E-state index is 0.182. The van der Waals surface area contributed by atoms with Crippen LogP contribution in [0.4, 0.5) is 45.8 Å². The average Bonchev–Trinajstić information content (AvgIpc) is 3.29. The molecule has 0 spiro atoms. The summed E-state index contributed by atoms with van der Waals surface area (Å²) in [4.78, 5) is 28.4. The van der Waals surface area contributed by atoms with Gasteiger partial charge in [0.25, 0.3) is 11.8 Å². The number of alkyl halides is 8. The fraction of sp³-hybridized carbons (Fsp3) is 0.261. The molecule has 1 aliphatic rings. The second-order valence-corrected chi connectivity index (χ2v) is 8.37. The zero-order valence-electron chi connectivity index (χ0n) is 19.0. The Hall–Kier alpha value is -4.17. The molecule has 1 N–H and O–H groups in total. The van der Waals surface area contributed by atoms with Crippen LogP contribution >= 0.6 is 0 Å². The number of nitrogens with zero attached hydrogens (tertiary/aromatic N) is 3. The third-order valence-corrected chi connectivity index (χ3v) is 5.64. The molecule has 3 heterocycles. The van der Waals surface area contributed by atoms with Gasteiger partial charge in [-0.3, -0.25) is 14.7 Å². The van der Waals surface area contributed by atoms with Gasteiger partial charge in [0.15, 0.2) is 0 Å². The van der Waals surface area contributed by atoms with Gasteiger partial charge in [-0.05, 0) is 30.3 Å². The van der Waals surface area contributed by atoms with E-state index < -0.39 is 77.3 Å². The van der Waals surface area contributed by atoms with Crippen LogP contribution in [-0.4, -0.2) is 53.1 Å². The van der Waals surface area contributed by atoms with E-state index in [4.69, 9.17) is 9.52 Å². The molecule has 15 heteroatoms. The molecule has 0 saturated carbocycles. The molecule has 0 radical (unpaired) electrons. The van der Waals surface area contributed by atoms with Gasteiger partial charge in [-0.15, -0.1) is 0 Å². The Morgan fingerprint density at radius 2 is 1.58 bits per heavy atom. The molecule has 0 atom stereocenters. The number of rotatable bonds is 4. The molecule has 3 aromatic rings. The zero-order valence-corrected chi connectivity index (χ0v) is 19.0. The maximum Gasteiger partial charge on any atom is 0.417 e. The van der Waals surface area contributed by atoms with E-state index in [1.807, 2.05) is 0 Å². The monoisotopic (exact) mass is 549 g/mol. The van der Waals surface area contributed by atoms with Crippen molar-refractivity contribution in [3.63, 3.8) is 0 Å². The SMILES string of the molecule is CN(C(=O)O)c1ccc(-c2c(C(F)(F)F)cc(-c3ccc(C(=O)N4CC(F)(F)C4)cn3)cc2C(F)(F)F)o1. The Balaban J connectivity index is 1.80. The van der Waals surface area contributed by atoms with Crippen molar-refractivity contribution in [2.24, 2.45) is 0 Å². The number of amides is 2. The summed E-state index contributed by atoms with van der Waals surface area (Å²) >= 11 is 0. The van der Waals surface area contributed by atoms with Crippen molar-refractivity contribution in [2.45, 2.75) is 18.3 Å². The Kier molecular flexibility index (Phi) is 6.36. The molecule has 0 aliphatic carbocycles. The van der Waals surface area contributed by atoms with Crippen molar-refractivity contribution >= 4 is 17.9 Å². The molecule has 7 nitrogen and oxygen atoms in total. The highest BCUT2D eigenvalue weighted by Crippen LogP contribution is 2.47. The van der Waals surface area contributed by atoms with Gasteiger partial charge in [-0.1, -0.05) is 0 Å². The summed E-state index contributed by atoms with van der Waals surface area (Å²) in [6, 6.07) is 4.56. The number of pyridine rings is 1. The first kappa shape index (κ1) is 26.9.